The fraction of sp³-hybridized carbons (Fsp3) is 0.556. The predicted molar refractivity (Wildman–Crippen MR) is 95.9 cm³/mol. The smallest absolute Gasteiger partial charge is 0.242 e. The molecule has 0 aromatic heterocycles. The van der Waals surface area contributed by atoms with Gasteiger partial charge in [0.05, 0.1) is 20.3 Å². The molecule has 0 bridgehead atoms. The minimum absolute atomic E-state index is 0.0133. The van der Waals surface area contributed by atoms with E-state index in [0.29, 0.717) is 26.2 Å². The molecular weight excluding hydrogens is 322 g/mol. The summed E-state index contributed by atoms with van der Waals surface area (Å²) in [5.41, 5.74) is 1.12. The molecule has 0 N–H and O–H groups in total. The third kappa shape index (κ3) is 5.35. The summed E-state index contributed by atoms with van der Waals surface area (Å²) in [6.07, 6.45) is 0. The average molecular weight is 349 g/mol. The van der Waals surface area contributed by atoms with E-state index in [2.05, 4.69) is 4.90 Å². The summed E-state index contributed by atoms with van der Waals surface area (Å²) in [5.74, 6) is 0.709. The molecule has 138 valence electrons. The Morgan fingerprint density at radius 2 is 1.72 bits per heavy atom. The Morgan fingerprint density at radius 3 is 2.24 bits per heavy atom. The van der Waals surface area contributed by atoms with Crippen LogP contribution in [0.4, 0.5) is 5.69 Å². The van der Waals surface area contributed by atoms with E-state index in [9.17, 15) is 9.59 Å². The largest absolute Gasteiger partial charge is 0.497 e. The van der Waals surface area contributed by atoms with Gasteiger partial charge in [0.25, 0.3) is 0 Å². The number of amides is 2. The maximum Gasteiger partial charge on any atom is 0.242 e. The molecule has 1 fully saturated rings. The van der Waals surface area contributed by atoms with E-state index in [1.54, 1.807) is 14.2 Å². The summed E-state index contributed by atoms with van der Waals surface area (Å²) in [6.45, 7) is 5.31. The first-order valence-corrected chi connectivity index (χ1v) is 8.46. The van der Waals surface area contributed by atoms with Gasteiger partial charge < -0.3 is 24.2 Å². The van der Waals surface area contributed by atoms with E-state index in [4.69, 9.17) is 9.47 Å². The van der Waals surface area contributed by atoms with Crippen LogP contribution >= 0.6 is 0 Å². The topological polar surface area (TPSA) is 62.3 Å². The molecule has 7 heteroatoms. The number of methoxy groups -OCH3 is 2. The molecule has 0 radical (unpaired) electrons. The molecule has 1 aromatic carbocycles. The van der Waals surface area contributed by atoms with Crippen molar-refractivity contribution in [3.63, 3.8) is 0 Å². The molecule has 2 amide bonds. The number of carbonyl (C=O) groups excluding carboxylic acids is 2. The fourth-order valence-corrected chi connectivity index (χ4v) is 2.82. The van der Waals surface area contributed by atoms with Crippen molar-refractivity contribution in [1.29, 1.82) is 0 Å². The van der Waals surface area contributed by atoms with E-state index >= 15 is 0 Å². The fourth-order valence-electron chi connectivity index (χ4n) is 2.82. The SMILES string of the molecule is COCCN(CC(=O)N1CCN(c2ccc(OC)cc2)CC1)C(C)=O. The first-order chi connectivity index (χ1) is 12.0. The highest BCUT2D eigenvalue weighted by atomic mass is 16.5. The van der Waals surface area contributed by atoms with Crippen molar-refractivity contribution in [2.45, 2.75) is 6.92 Å². The number of nitrogens with zero attached hydrogens (tertiary/aromatic N) is 3. The van der Waals surface area contributed by atoms with Crippen LogP contribution in [0.25, 0.3) is 0 Å². The Kier molecular flexibility index (Phi) is 7.06. The van der Waals surface area contributed by atoms with Crippen molar-refractivity contribution in [2.24, 2.45) is 0 Å². The molecule has 0 saturated carbocycles. The van der Waals surface area contributed by atoms with Crippen LogP contribution in [0.3, 0.4) is 0 Å². The Labute approximate surface area is 149 Å². The summed E-state index contributed by atoms with van der Waals surface area (Å²) in [6, 6.07) is 7.93. The van der Waals surface area contributed by atoms with Crippen LogP contribution in [0.5, 0.6) is 5.75 Å². The van der Waals surface area contributed by atoms with Crippen molar-refractivity contribution in [3.05, 3.63) is 24.3 Å². The lowest BCUT2D eigenvalue weighted by Crippen LogP contribution is -2.52. The van der Waals surface area contributed by atoms with E-state index in [1.165, 1.54) is 11.8 Å². The van der Waals surface area contributed by atoms with E-state index in [-0.39, 0.29) is 18.4 Å². The Morgan fingerprint density at radius 1 is 1.08 bits per heavy atom. The molecule has 1 heterocycles. The number of carbonyl (C=O) groups is 2. The zero-order valence-corrected chi connectivity index (χ0v) is 15.2. The van der Waals surface area contributed by atoms with Gasteiger partial charge in [0.2, 0.25) is 11.8 Å². The molecule has 0 atom stereocenters. The van der Waals surface area contributed by atoms with Crippen LogP contribution in [-0.2, 0) is 14.3 Å². The van der Waals surface area contributed by atoms with Crippen molar-refractivity contribution >= 4 is 17.5 Å². The quantitative estimate of drug-likeness (QED) is 0.730. The molecule has 1 aliphatic heterocycles. The second kappa shape index (κ2) is 9.27. The van der Waals surface area contributed by atoms with Gasteiger partial charge in [-0.1, -0.05) is 0 Å². The normalized spacial score (nSPS) is 14.4. The third-order valence-corrected chi connectivity index (χ3v) is 4.41. The Bertz CT molecular complexity index is 568. The van der Waals surface area contributed by atoms with Crippen LogP contribution in [0.1, 0.15) is 6.92 Å². The molecule has 0 unspecified atom stereocenters. The van der Waals surface area contributed by atoms with Gasteiger partial charge in [-0.25, -0.2) is 0 Å². The number of ether oxygens (including phenoxy) is 2. The van der Waals surface area contributed by atoms with Gasteiger partial charge in [0, 0.05) is 52.4 Å². The van der Waals surface area contributed by atoms with Gasteiger partial charge in [-0.05, 0) is 24.3 Å². The zero-order valence-electron chi connectivity index (χ0n) is 15.2. The van der Waals surface area contributed by atoms with Crippen molar-refractivity contribution < 1.29 is 19.1 Å². The van der Waals surface area contributed by atoms with E-state index in [1.807, 2.05) is 29.2 Å². The number of hydrogen-bond donors (Lipinski definition) is 0. The monoisotopic (exact) mass is 349 g/mol. The molecule has 2 rings (SSSR count). The first-order valence-electron chi connectivity index (χ1n) is 8.46. The maximum absolute atomic E-state index is 12.5. The average Bonchev–Trinajstić information content (AvgIpc) is 2.65. The van der Waals surface area contributed by atoms with Crippen LogP contribution in [0.2, 0.25) is 0 Å². The van der Waals surface area contributed by atoms with Crippen molar-refractivity contribution in [3.8, 4) is 5.75 Å². The highest BCUT2D eigenvalue weighted by Crippen LogP contribution is 2.20. The first kappa shape index (κ1) is 19.1. The third-order valence-electron chi connectivity index (χ3n) is 4.41. The predicted octanol–water partition coefficient (Wildman–Crippen LogP) is 0.839. The van der Waals surface area contributed by atoms with Crippen LogP contribution in [0, 0.1) is 0 Å². The summed E-state index contributed by atoms with van der Waals surface area (Å²) < 4.78 is 10.2. The molecule has 25 heavy (non-hydrogen) atoms. The Hall–Kier alpha value is -2.28. The van der Waals surface area contributed by atoms with Gasteiger partial charge >= 0.3 is 0 Å². The van der Waals surface area contributed by atoms with Gasteiger partial charge in [0.15, 0.2) is 0 Å². The van der Waals surface area contributed by atoms with Gasteiger partial charge in [-0.3, -0.25) is 9.59 Å². The highest BCUT2D eigenvalue weighted by molar-refractivity contribution is 5.84. The zero-order chi connectivity index (χ0) is 18.2. The summed E-state index contributed by atoms with van der Waals surface area (Å²) >= 11 is 0. The summed E-state index contributed by atoms with van der Waals surface area (Å²) in [4.78, 5) is 29.7. The van der Waals surface area contributed by atoms with Gasteiger partial charge in [-0.2, -0.15) is 0 Å². The second-order valence-electron chi connectivity index (χ2n) is 6.00. The number of hydrogen-bond acceptors (Lipinski definition) is 5. The lowest BCUT2D eigenvalue weighted by molar-refractivity contribution is -0.140. The van der Waals surface area contributed by atoms with Crippen LogP contribution < -0.4 is 9.64 Å². The lowest BCUT2D eigenvalue weighted by Gasteiger charge is -2.37. The number of anilines is 1. The number of rotatable bonds is 7. The van der Waals surface area contributed by atoms with Crippen LogP contribution in [-0.4, -0.2) is 81.7 Å². The highest BCUT2D eigenvalue weighted by Gasteiger charge is 2.23. The van der Waals surface area contributed by atoms with Crippen LogP contribution in [0.15, 0.2) is 24.3 Å². The molecule has 1 aliphatic rings. The summed E-state index contributed by atoms with van der Waals surface area (Å²) in [5, 5.41) is 0. The Balaban J connectivity index is 1.85. The molecule has 1 saturated heterocycles. The van der Waals surface area contributed by atoms with Gasteiger partial charge in [-0.15, -0.1) is 0 Å². The van der Waals surface area contributed by atoms with Crippen molar-refractivity contribution in [2.75, 3.05) is 65.0 Å². The minimum Gasteiger partial charge on any atom is -0.497 e. The van der Waals surface area contributed by atoms with E-state index in [0.717, 1.165) is 24.5 Å². The van der Waals surface area contributed by atoms with Crippen molar-refractivity contribution in [1.82, 2.24) is 9.80 Å². The molecule has 1 aromatic rings. The minimum atomic E-state index is -0.109. The molecule has 7 nitrogen and oxygen atoms in total. The molecular formula is C18H27N3O4. The van der Waals surface area contributed by atoms with E-state index < -0.39 is 0 Å². The standard InChI is InChI=1S/C18H27N3O4/c1-15(22)21(12-13-24-2)14-18(23)20-10-8-19(9-11-20)16-4-6-17(25-3)7-5-16/h4-7H,8-14H2,1-3H3. The summed E-state index contributed by atoms with van der Waals surface area (Å²) in [7, 11) is 3.23. The number of benzene rings is 1. The molecule has 0 aliphatic carbocycles. The second-order valence-corrected chi connectivity index (χ2v) is 6.00. The van der Waals surface area contributed by atoms with Gasteiger partial charge in [0.1, 0.15) is 5.75 Å². The lowest BCUT2D eigenvalue weighted by atomic mass is 10.2. The molecule has 0 spiro atoms. The maximum atomic E-state index is 12.5. The number of piperazine rings is 1.